The molecule has 140 valence electrons. The minimum Gasteiger partial charge on any atom is -0.497 e. The Morgan fingerprint density at radius 2 is 1.96 bits per heavy atom. The molecule has 28 heavy (non-hydrogen) atoms. The lowest BCUT2D eigenvalue weighted by atomic mass is 10.2. The lowest BCUT2D eigenvalue weighted by molar-refractivity contribution is 0.0947. The minimum atomic E-state index is -0.232. The van der Waals surface area contributed by atoms with Gasteiger partial charge in [0.25, 0.3) is 5.91 Å². The smallest absolute Gasteiger partial charge is 0.281 e. The summed E-state index contributed by atoms with van der Waals surface area (Å²) in [5.74, 6) is 1.47. The number of ether oxygens (including phenoxy) is 1. The Labute approximate surface area is 166 Å². The molecule has 2 heterocycles. The minimum absolute atomic E-state index is 0.232. The number of nitrogens with one attached hydrogen (secondary N) is 1. The van der Waals surface area contributed by atoms with Gasteiger partial charge in [-0.05, 0) is 41.3 Å². The van der Waals surface area contributed by atoms with Crippen LogP contribution in [-0.4, -0.2) is 27.8 Å². The molecule has 0 aliphatic heterocycles. The van der Waals surface area contributed by atoms with Gasteiger partial charge in [0.2, 0.25) is 5.95 Å². The van der Waals surface area contributed by atoms with Crippen LogP contribution < -0.4 is 10.1 Å². The number of thiophene rings is 1. The standard InChI is InChI=1S/C21H18N4O2S/c1-27-17-10-5-7-15(13-17)14-22-21-23-19(18-11-6-12-28-18)24-25(21)20(26)16-8-3-2-4-9-16/h2-13H,14H2,1H3,(H,22,23,24). The van der Waals surface area contributed by atoms with E-state index in [1.807, 2.05) is 60.0 Å². The lowest BCUT2D eigenvalue weighted by Crippen LogP contribution is -2.17. The molecule has 0 fully saturated rings. The summed E-state index contributed by atoms with van der Waals surface area (Å²) in [5, 5.41) is 9.64. The molecule has 0 aliphatic carbocycles. The average Bonchev–Trinajstić information content (AvgIpc) is 3.42. The second kappa shape index (κ2) is 8.06. The van der Waals surface area contributed by atoms with Crippen molar-refractivity contribution in [3.8, 4) is 16.5 Å². The van der Waals surface area contributed by atoms with Gasteiger partial charge in [-0.2, -0.15) is 9.67 Å². The molecule has 2 aromatic carbocycles. The molecule has 2 aromatic heterocycles. The van der Waals surface area contributed by atoms with Gasteiger partial charge < -0.3 is 10.1 Å². The van der Waals surface area contributed by atoms with E-state index in [0.717, 1.165) is 16.2 Å². The predicted octanol–water partition coefficient (Wildman–Crippen LogP) is 4.32. The van der Waals surface area contributed by atoms with Gasteiger partial charge in [-0.3, -0.25) is 4.79 Å². The lowest BCUT2D eigenvalue weighted by Gasteiger charge is -2.08. The van der Waals surface area contributed by atoms with Crippen molar-refractivity contribution in [3.63, 3.8) is 0 Å². The summed E-state index contributed by atoms with van der Waals surface area (Å²) in [6, 6.07) is 20.7. The van der Waals surface area contributed by atoms with Crippen LogP contribution in [0.3, 0.4) is 0 Å². The van der Waals surface area contributed by atoms with E-state index in [9.17, 15) is 4.79 Å². The van der Waals surface area contributed by atoms with E-state index in [1.165, 1.54) is 16.0 Å². The maximum Gasteiger partial charge on any atom is 0.281 e. The first-order valence-electron chi connectivity index (χ1n) is 8.72. The van der Waals surface area contributed by atoms with Gasteiger partial charge in [0.05, 0.1) is 12.0 Å². The Morgan fingerprint density at radius 3 is 2.71 bits per heavy atom. The summed E-state index contributed by atoms with van der Waals surface area (Å²) >= 11 is 1.53. The SMILES string of the molecule is COc1cccc(CNc2nc(-c3cccs3)nn2C(=O)c2ccccc2)c1. The van der Waals surface area contributed by atoms with Crippen LogP contribution in [0.1, 0.15) is 15.9 Å². The summed E-state index contributed by atoms with van der Waals surface area (Å²) in [6.45, 7) is 0.488. The molecule has 0 saturated heterocycles. The number of benzene rings is 2. The molecule has 4 aromatic rings. The monoisotopic (exact) mass is 390 g/mol. The van der Waals surface area contributed by atoms with Gasteiger partial charge in [0.1, 0.15) is 5.75 Å². The highest BCUT2D eigenvalue weighted by Crippen LogP contribution is 2.24. The maximum atomic E-state index is 13.0. The largest absolute Gasteiger partial charge is 0.497 e. The summed E-state index contributed by atoms with van der Waals surface area (Å²) in [5.41, 5.74) is 1.56. The van der Waals surface area contributed by atoms with E-state index in [2.05, 4.69) is 15.4 Å². The van der Waals surface area contributed by atoms with Crippen molar-refractivity contribution < 1.29 is 9.53 Å². The number of carbonyl (C=O) groups is 1. The summed E-state index contributed by atoms with van der Waals surface area (Å²) < 4.78 is 6.59. The van der Waals surface area contributed by atoms with Gasteiger partial charge in [0, 0.05) is 12.1 Å². The quantitative estimate of drug-likeness (QED) is 0.531. The van der Waals surface area contributed by atoms with Crippen molar-refractivity contribution in [2.45, 2.75) is 6.54 Å². The predicted molar refractivity (Wildman–Crippen MR) is 110 cm³/mol. The summed E-state index contributed by atoms with van der Waals surface area (Å²) in [6.07, 6.45) is 0. The number of anilines is 1. The molecule has 0 unspecified atom stereocenters. The van der Waals surface area contributed by atoms with Gasteiger partial charge in [-0.25, -0.2) is 0 Å². The molecule has 0 atom stereocenters. The van der Waals surface area contributed by atoms with E-state index in [1.54, 1.807) is 19.2 Å². The molecule has 4 rings (SSSR count). The molecule has 0 amide bonds. The Bertz CT molecular complexity index is 1080. The van der Waals surface area contributed by atoms with Crippen LogP contribution in [0.25, 0.3) is 10.7 Å². The van der Waals surface area contributed by atoms with Crippen molar-refractivity contribution in [3.05, 3.63) is 83.2 Å². The molecule has 6 nitrogen and oxygen atoms in total. The molecular formula is C21H18N4O2S. The third kappa shape index (κ3) is 3.79. The number of rotatable bonds is 6. The summed E-state index contributed by atoms with van der Waals surface area (Å²) in [7, 11) is 1.63. The second-order valence-electron chi connectivity index (χ2n) is 6.02. The molecular weight excluding hydrogens is 372 g/mol. The van der Waals surface area contributed by atoms with E-state index in [0.29, 0.717) is 23.9 Å². The van der Waals surface area contributed by atoms with Crippen LogP contribution in [0.2, 0.25) is 0 Å². The average molecular weight is 390 g/mol. The van der Waals surface area contributed by atoms with Crippen molar-refractivity contribution in [2.75, 3.05) is 12.4 Å². The number of methoxy groups -OCH3 is 1. The van der Waals surface area contributed by atoms with Crippen LogP contribution in [0.15, 0.2) is 72.1 Å². The Hall–Kier alpha value is -3.45. The number of hydrogen-bond acceptors (Lipinski definition) is 6. The highest BCUT2D eigenvalue weighted by Gasteiger charge is 2.19. The first-order chi connectivity index (χ1) is 13.7. The fourth-order valence-corrected chi connectivity index (χ4v) is 3.40. The number of aromatic nitrogens is 3. The molecule has 0 spiro atoms. The molecule has 1 N–H and O–H groups in total. The van der Waals surface area contributed by atoms with E-state index in [-0.39, 0.29) is 5.91 Å². The zero-order valence-corrected chi connectivity index (χ0v) is 16.0. The molecule has 0 bridgehead atoms. The van der Waals surface area contributed by atoms with Crippen LogP contribution in [0.4, 0.5) is 5.95 Å². The molecule has 0 aliphatic rings. The first kappa shape index (κ1) is 17.9. The number of hydrogen-bond donors (Lipinski definition) is 1. The zero-order valence-electron chi connectivity index (χ0n) is 15.2. The second-order valence-corrected chi connectivity index (χ2v) is 6.97. The number of carbonyl (C=O) groups excluding carboxylic acids is 1. The third-order valence-electron chi connectivity index (χ3n) is 4.15. The van der Waals surface area contributed by atoms with Gasteiger partial charge in [-0.15, -0.1) is 16.4 Å². The van der Waals surface area contributed by atoms with Crippen molar-refractivity contribution in [1.29, 1.82) is 0 Å². The van der Waals surface area contributed by atoms with Crippen molar-refractivity contribution in [1.82, 2.24) is 14.8 Å². The van der Waals surface area contributed by atoms with Crippen LogP contribution >= 0.6 is 11.3 Å². The molecule has 7 heteroatoms. The number of nitrogens with zero attached hydrogens (tertiary/aromatic N) is 3. The first-order valence-corrected chi connectivity index (χ1v) is 9.60. The maximum absolute atomic E-state index is 13.0. The van der Waals surface area contributed by atoms with Crippen molar-refractivity contribution >= 4 is 23.2 Å². The Balaban J connectivity index is 1.65. The third-order valence-corrected chi connectivity index (χ3v) is 5.01. The van der Waals surface area contributed by atoms with Crippen LogP contribution in [0.5, 0.6) is 5.75 Å². The highest BCUT2D eigenvalue weighted by atomic mass is 32.1. The topological polar surface area (TPSA) is 69.0 Å². The molecule has 0 radical (unpaired) electrons. The summed E-state index contributed by atoms with van der Waals surface area (Å²) in [4.78, 5) is 18.4. The van der Waals surface area contributed by atoms with E-state index < -0.39 is 0 Å². The normalized spacial score (nSPS) is 10.6. The Morgan fingerprint density at radius 1 is 1.11 bits per heavy atom. The fourth-order valence-electron chi connectivity index (χ4n) is 2.74. The van der Waals surface area contributed by atoms with E-state index >= 15 is 0 Å². The van der Waals surface area contributed by atoms with Crippen LogP contribution in [0, 0.1) is 0 Å². The fraction of sp³-hybridized carbons (Fsp3) is 0.0952. The van der Waals surface area contributed by atoms with Crippen molar-refractivity contribution in [2.24, 2.45) is 0 Å². The van der Waals surface area contributed by atoms with Crippen LogP contribution in [-0.2, 0) is 6.54 Å². The Kier molecular flexibility index (Phi) is 5.16. The highest BCUT2D eigenvalue weighted by molar-refractivity contribution is 7.13. The van der Waals surface area contributed by atoms with Gasteiger partial charge >= 0.3 is 0 Å². The van der Waals surface area contributed by atoms with Gasteiger partial charge in [0.15, 0.2) is 5.82 Å². The zero-order chi connectivity index (χ0) is 19.3. The van der Waals surface area contributed by atoms with Gasteiger partial charge in [-0.1, -0.05) is 36.4 Å². The van der Waals surface area contributed by atoms with E-state index in [4.69, 9.17) is 4.74 Å². The molecule has 0 saturated carbocycles.